The van der Waals surface area contributed by atoms with E-state index >= 15 is 0 Å². The van der Waals surface area contributed by atoms with Gasteiger partial charge in [-0.1, -0.05) is 51.1 Å². The molecule has 2 N–H and O–H groups in total. The number of hydrogen-bond donors (Lipinski definition) is 1. The van der Waals surface area contributed by atoms with Crippen molar-refractivity contribution in [1.29, 1.82) is 0 Å². The number of anilines is 1. The summed E-state index contributed by atoms with van der Waals surface area (Å²) in [6.07, 6.45) is 5.47. The molecular formula is C31H43N3O5S. The van der Waals surface area contributed by atoms with E-state index in [2.05, 4.69) is 18.9 Å². The van der Waals surface area contributed by atoms with E-state index in [0.29, 0.717) is 16.5 Å². The lowest BCUT2D eigenvalue weighted by Crippen LogP contribution is -2.49. The summed E-state index contributed by atoms with van der Waals surface area (Å²) >= 11 is 1.30. The molecule has 1 saturated heterocycles. The summed E-state index contributed by atoms with van der Waals surface area (Å²) in [4.78, 5) is 45.3. The summed E-state index contributed by atoms with van der Waals surface area (Å²) < 4.78 is 10.6. The van der Waals surface area contributed by atoms with Crippen molar-refractivity contribution in [2.24, 2.45) is 23.5 Å². The lowest BCUT2D eigenvalue weighted by molar-refractivity contribution is -0.154. The number of piperidine rings is 1. The Morgan fingerprint density at radius 2 is 1.68 bits per heavy atom. The molecule has 40 heavy (non-hydrogen) atoms. The van der Waals surface area contributed by atoms with Crippen LogP contribution in [0.1, 0.15) is 69.0 Å². The van der Waals surface area contributed by atoms with E-state index in [4.69, 9.17) is 15.2 Å². The summed E-state index contributed by atoms with van der Waals surface area (Å²) in [6, 6.07) is 11.0. The van der Waals surface area contributed by atoms with Gasteiger partial charge in [-0.15, -0.1) is 11.3 Å². The van der Waals surface area contributed by atoms with E-state index in [-0.39, 0.29) is 23.8 Å². The van der Waals surface area contributed by atoms with Crippen LogP contribution in [0.15, 0.2) is 36.4 Å². The molecule has 0 spiro atoms. The smallest absolute Gasteiger partial charge is 0.353 e. The van der Waals surface area contributed by atoms with Crippen molar-refractivity contribution in [3.63, 3.8) is 0 Å². The molecule has 218 valence electrons. The number of nitrogens with zero attached hydrogens (tertiary/aromatic N) is 2. The lowest BCUT2D eigenvalue weighted by Gasteiger charge is -2.40. The highest BCUT2D eigenvalue weighted by atomic mass is 32.1. The predicted molar refractivity (Wildman–Crippen MR) is 158 cm³/mol. The van der Waals surface area contributed by atoms with E-state index in [1.165, 1.54) is 11.3 Å². The molecule has 1 aliphatic heterocycles. The van der Waals surface area contributed by atoms with Crippen molar-refractivity contribution >= 4 is 34.9 Å². The average Bonchev–Trinajstić information content (AvgIpc) is 3.39. The van der Waals surface area contributed by atoms with Crippen LogP contribution in [-0.2, 0) is 19.1 Å². The fourth-order valence-corrected chi connectivity index (χ4v) is 6.53. The monoisotopic (exact) mass is 569 g/mol. The summed E-state index contributed by atoms with van der Waals surface area (Å²) in [6.45, 7) is 7.13. The number of carbonyl (C=O) groups excluding carboxylic acids is 3. The molecule has 1 saturated carbocycles. The minimum absolute atomic E-state index is 0.00492. The van der Waals surface area contributed by atoms with Gasteiger partial charge in [-0.05, 0) is 82.1 Å². The Balaban J connectivity index is 1.66. The van der Waals surface area contributed by atoms with Crippen molar-refractivity contribution in [1.82, 2.24) is 4.90 Å². The van der Waals surface area contributed by atoms with Gasteiger partial charge in [0, 0.05) is 16.8 Å². The molecule has 2 fully saturated rings. The van der Waals surface area contributed by atoms with Gasteiger partial charge >= 0.3 is 11.9 Å². The third-order valence-corrected chi connectivity index (χ3v) is 9.41. The molecular weight excluding hydrogens is 526 g/mol. The van der Waals surface area contributed by atoms with Crippen LogP contribution in [0.5, 0.6) is 0 Å². The Kier molecular flexibility index (Phi) is 10.4. The minimum Gasteiger partial charge on any atom is -0.427 e. The maximum absolute atomic E-state index is 14.2. The number of rotatable bonds is 9. The highest BCUT2D eigenvalue weighted by Gasteiger charge is 2.37. The molecule has 1 aliphatic carbocycles. The van der Waals surface area contributed by atoms with Gasteiger partial charge in [0.05, 0.1) is 5.69 Å². The van der Waals surface area contributed by atoms with Crippen LogP contribution < -0.4 is 10.6 Å². The number of thiophene rings is 1. The van der Waals surface area contributed by atoms with E-state index in [1.54, 1.807) is 0 Å². The summed E-state index contributed by atoms with van der Waals surface area (Å²) in [5.74, 6) is -0.661. The van der Waals surface area contributed by atoms with Crippen molar-refractivity contribution in [3.05, 3.63) is 41.3 Å². The van der Waals surface area contributed by atoms with Crippen molar-refractivity contribution in [3.8, 4) is 10.4 Å². The Labute approximate surface area is 241 Å². The molecule has 1 aromatic heterocycles. The van der Waals surface area contributed by atoms with Crippen LogP contribution in [0.25, 0.3) is 10.4 Å². The zero-order valence-electron chi connectivity index (χ0n) is 24.1. The topological polar surface area (TPSA) is 102 Å². The Morgan fingerprint density at radius 1 is 1.02 bits per heavy atom. The van der Waals surface area contributed by atoms with Gasteiger partial charge < -0.3 is 25.0 Å². The molecule has 2 aliphatic rings. The predicted octanol–water partition coefficient (Wildman–Crippen LogP) is 5.31. The van der Waals surface area contributed by atoms with Gasteiger partial charge in [0.15, 0.2) is 0 Å². The molecule has 2 heterocycles. The van der Waals surface area contributed by atoms with Gasteiger partial charge in [-0.2, -0.15) is 0 Å². The highest BCUT2D eigenvalue weighted by molar-refractivity contribution is 7.18. The number of likely N-dealkylation sites (tertiary alicyclic amines) is 1. The quantitative estimate of drug-likeness (QED) is 0.323. The second-order valence-corrected chi connectivity index (χ2v) is 12.7. The number of ether oxygens (including phenoxy) is 2. The molecule has 1 unspecified atom stereocenters. The van der Waals surface area contributed by atoms with Crippen molar-refractivity contribution in [2.45, 2.75) is 71.4 Å². The first-order valence-electron chi connectivity index (χ1n) is 14.5. The molecule has 1 atom stereocenters. The highest BCUT2D eigenvalue weighted by Crippen LogP contribution is 2.41. The molecule has 1 amide bonds. The van der Waals surface area contributed by atoms with Gasteiger partial charge in [-0.3, -0.25) is 9.59 Å². The Bertz CT molecular complexity index is 1150. The molecule has 9 heteroatoms. The third kappa shape index (κ3) is 7.30. The van der Waals surface area contributed by atoms with Crippen molar-refractivity contribution < 1.29 is 23.9 Å². The first kappa shape index (κ1) is 30.2. The van der Waals surface area contributed by atoms with Gasteiger partial charge in [-0.25, -0.2) is 4.79 Å². The van der Waals surface area contributed by atoms with Crippen molar-refractivity contribution in [2.75, 3.05) is 31.8 Å². The van der Waals surface area contributed by atoms with Gasteiger partial charge in [0.25, 0.3) is 0 Å². The van der Waals surface area contributed by atoms with E-state index in [1.807, 2.05) is 55.1 Å². The first-order chi connectivity index (χ1) is 19.2. The van der Waals surface area contributed by atoms with Crippen LogP contribution in [0.4, 0.5) is 5.69 Å². The van der Waals surface area contributed by atoms with E-state index in [0.717, 1.165) is 62.1 Å². The molecule has 0 bridgehead atoms. The zero-order valence-corrected chi connectivity index (χ0v) is 25.0. The van der Waals surface area contributed by atoms with E-state index < -0.39 is 24.8 Å². The molecule has 8 nitrogen and oxygen atoms in total. The summed E-state index contributed by atoms with van der Waals surface area (Å²) in [5.41, 5.74) is 7.42. The Morgan fingerprint density at radius 3 is 2.30 bits per heavy atom. The Hall–Kier alpha value is -2.75. The number of carbonyl (C=O) groups is 3. The third-order valence-electron chi connectivity index (χ3n) is 8.25. The average molecular weight is 570 g/mol. The maximum atomic E-state index is 14.2. The maximum Gasteiger partial charge on any atom is 0.353 e. The number of esters is 2. The first-order valence-corrected chi connectivity index (χ1v) is 15.3. The standard InChI is InChI=1S/C31H43N3O5S/c1-20(2)27(32)30(36)38-19-39-31(37)28-25(18-26(40-28)22-8-6-5-7-9-22)34(24-14-16-33(4)17-15-24)29(35)23-12-10-21(3)11-13-23/h5-9,18,20-21,23-24,27H,10-17,19,32H2,1-4H3. The van der Waals surface area contributed by atoms with Crippen LogP contribution in [0, 0.1) is 17.8 Å². The van der Waals surface area contributed by atoms with Gasteiger partial charge in [0.1, 0.15) is 10.9 Å². The number of nitrogens with two attached hydrogens (primary N) is 1. The number of amides is 1. The lowest BCUT2D eigenvalue weighted by atomic mass is 9.82. The normalized spacial score (nSPS) is 21.1. The largest absolute Gasteiger partial charge is 0.427 e. The van der Waals surface area contributed by atoms with Crippen LogP contribution >= 0.6 is 11.3 Å². The van der Waals surface area contributed by atoms with E-state index in [9.17, 15) is 14.4 Å². The fourth-order valence-electron chi connectivity index (χ4n) is 5.48. The summed E-state index contributed by atoms with van der Waals surface area (Å²) in [7, 11) is 2.10. The molecule has 4 rings (SSSR count). The fraction of sp³-hybridized carbons (Fsp3) is 0.581. The second kappa shape index (κ2) is 13.7. The van der Waals surface area contributed by atoms with Crippen LogP contribution in [-0.4, -0.2) is 61.8 Å². The second-order valence-electron chi connectivity index (χ2n) is 11.7. The molecule has 2 aromatic rings. The minimum atomic E-state index is -0.795. The SMILES string of the molecule is CC1CCC(C(=O)N(c2cc(-c3ccccc3)sc2C(=O)OCOC(=O)C(N)C(C)C)C2CCN(C)CC2)CC1. The zero-order chi connectivity index (χ0) is 28.8. The van der Waals surface area contributed by atoms with Gasteiger partial charge in [0.2, 0.25) is 12.7 Å². The molecule has 0 radical (unpaired) electrons. The molecule has 1 aromatic carbocycles. The number of hydrogen-bond acceptors (Lipinski definition) is 8. The van der Waals surface area contributed by atoms with Crippen LogP contribution in [0.3, 0.4) is 0 Å². The number of benzene rings is 1. The van der Waals surface area contributed by atoms with Crippen LogP contribution in [0.2, 0.25) is 0 Å². The summed E-state index contributed by atoms with van der Waals surface area (Å²) in [5, 5.41) is 0.